The van der Waals surface area contributed by atoms with Gasteiger partial charge >= 0.3 is 5.97 Å². The fraction of sp³-hybridized carbons (Fsp3) is 0.200. The SMILES string of the molecule is Cc1nocc1C(=O)O.[Ar]. The molecular formula is C5H5ArNO3. The van der Waals surface area contributed by atoms with E-state index in [1.165, 1.54) is 0 Å². The minimum absolute atomic E-state index is 0. The molecule has 4 nitrogen and oxygen atoms in total. The van der Waals surface area contributed by atoms with Crippen LogP contribution in [0.15, 0.2) is 10.8 Å². The van der Waals surface area contributed by atoms with Crippen LogP contribution in [0.4, 0.5) is 0 Å². The van der Waals surface area contributed by atoms with Crippen LogP contribution < -0.4 is 0 Å². The molecule has 0 bridgehead atoms. The van der Waals surface area contributed by atoms with Crippen LogP contribution in [0, 0.1) is 44.7 Å². The van der Waals surface area contributed by atoms with Crippen molar-refractivity contribution in [2.75, 3.05) is 0 Å². The maximum atomic E-state index is 10.2. The number of hydrogen-bond donors (Lipinski definition) is 1. The monoisotopic (exact) mass is 167 g/mol. The molecule has 0 amide bonds. The van der Waals surface area contributed by atoms with Gasteiger partial charge in [0.15, 0.2) is 0 Å². The largest absolute Gasteiger partial charge is 0.478 e. The van der Waals surface area contributed by atoms with Gasteiger partial charge in [-0.2, -0.15) is 0 Å². The van der Waals surface area contributed by atoms with Crippen molar-refractivity contribution >= 4 is 5.97 Å². The molecule has 1 aromatic rings. The summed E-state index contributed by atoms with van der Waals surface area (Å²) >= 11 is 0. The molecule has 1 rings (SSSR count). The Hall–Kier alpha value is -0.0603. The predicted molar refractivity (Wildman–Crippen MR) is 28.2 cm³/mol. The van der Waals surface area contributed by atoms with Gasteiger partial charge in [0.05, 0.1) is 5.69 Å². The molecule has 56 valence electrons. The Labute approximate surface area is 87.2 Å². The smallest absolute Gasteiger partial charge is 0.340 e. The van der Waals surface area contributed by atoms with E-state index in [4.69, 9.17) is 5.11 Å². The molecule has 0 fully saturated rings. The summed E-state index contributed by atoms with van der Waals surface area (Å²) in [6, 6.07) is 0. The Morgan fingerprint density at radius 1 is 1.80 bits per heavy atom. The molecule has 5 heteroatoms. The average Bonchev–Trinajstić information content (AvgIpc) is 2.13. The first kappa shape index (κ1) is 9.94. The van der Waals surface area contributed by atoms with Crippen molar-refractivity contribution in [3.05, 3.63) is 17.5 Å². The van der Waals surface area contributed by atoms with Crippen LogP contribution in [-0.4, -0.2) is 16.2 Å². The normalized spacial score (nSPS) is 8.50. The Bertz CT molecular complexity index is 233. The first-order valence-corrected chi connectivity index (χ1v) is 2.36. The summed E-state index contributed by atoms with van der Waals surface area (Å²) in [5.74, 6) is -1.01. The summed E-state index contributed by atoms with van der Waals surface area (Å²) < 4.78 is 4.38. The van der Waals surface area contributed by atoms with Gasteiger partial charge in [0, 0.05) is 37.7 Å². The van der Waals surface area contributed by atoms with Crippen molar-refractivity contribution in [1.29, 1.82) is 0 Å². The summed E-state index contributed by atoms with van der Waals surface area (Å²) in [4.78, 5) is 10.2. The molecule has 10 heavy (non-hydrogen) atoms. The van der Waals surface area contributed by atoms with E-state index in [1.54, 1.807) is 6.92 Å². The predicted octanol–water partition coefficient (Wildman–Crippen LogP) is 0.681. The van der Waals surface area contributed by atoms with Gasteiger partial charge in [-0.05, 0) is 6.92 Å². The van der Waals surface area contributed by atoms with Crippen molar-refractivity contribution in [1.82, 2.24) is 5.16 Å². The van der Waals surface area contributed by atoms with Gasteiger partial charge in [-0.1, -0.05) is 5.16 Å². The van der Waals surface area contributed by atoms with Gasteiger partial charge in [0.2, 0.25) is 0 Å². The topological polar surface area (TPSA) is 63.3 Å². The van der Waals surface area contributed by atoms with E-state index in [9.17, 15) is 4.79 Å². The van der Waals surface area contributed by atoms with Crippen LogP contribution in [0.25, 0.3) is 0 Å². The average molecular weight is 167 g/mol. The van der Waals surface area contributed by atoms with Gasteiger partial charge < -0.3 is 9.63 Å². The molecule has 1 N–H and O–H groups in total. The fourth-order valence-electron chi connectivity index (χ4n) is 0.498. The van der Waals surface area contributed by atoms with Crippen LogP contribution in [0.2, 0.25) is 0 Å². The van der Waals surface area contributed by atoms with Crippen LogP contribution >= 0.6 is 0 Å². The summed E-state index contributed by atoms with van der Waals surface area (Å²) in [5, 5.41) is 11.7. The van der Waals surface area contributed by atoms with E-state index >= 15 is 0 Å². The van der Waals surface area contributed by atoms with E-state index in [-0.39, 0.29) is 43.3 Å². The summed E-state index contributed by atoms with van der Waals surface area (Å²) in [6.45, 7) is 1.58. The Kier molecular flexibility index (Phi) is 3.93. The first-order chi connectivity index (χ1) is 4.22. The molecule has 0 aliphatic carbocycles. The molecule has 0 aliphatic rings. The van der Waals surface area contributed by atoms with Crippen molar-refractivity contribution in [2.45, 2.75) is 6.92 Å². The van der Waals surface area contributed by atoms with Gasteiger partial charge in [-0.15, -0.1) is 0 Å². The number of aromatic nitrogens is 1. The number of hydrogen-bond acceptors (Lipinski definition) is 3. The molecule has 0 radical (unpaired) electrons. The van der Waals surface area contributed by atoms with Crippen LogP contribution in [0.1, 0.15) is 16.1 Å². The molecule has 1 heterocycles. The minimum atomic E-state index is -1.01. The first-order valence-electron chi connectivity index (χ1n) is 2.36. The Balaban J connectivity index is 0.000000810. The standard InChI is InChI=1S/C5H5NO3.Ar/c1-3-4(5(7)8)2-9-6-3;/h2H,1H3,(H,7,8);. The van der Waals surface area contributed by atoms with Crippen LogP contribution in [0.3, 0.4) is 0 Å². The summed E-state index contributed by atoms with van der Waals surface area (Å²) in [7, 11) is 0. The van der Waals surface area contributed by atoms with Crippen LogP contribution in [-0.2, 0) is 0 Å². The van der Waals surface area contributed by atoms with Gasteiger partial charge in [0.25, 0.3) is 0 Å². The van der Waals surface area contributed by atoms with Gasteiger partial charge in [-0.25, -0.2) is 4.79 Å². The number of aryl methyl sites for hydroxylation is 1. The fourth-order valence-corrected chi connectivity index (χ4v) is 0.498. The third-order valence-corrected chi connectivity index (χ3v) is 0.980. The molecule has 0 unspecified atom stereocenters. The van der Waals surface area contributed by atoms with Crippen molar-refractivity contribution < 1.29 is 52.2 Å². The van der Waals surface area contributed by atoms with Crippen molar-refractivity contribution in [3.63, 3.8) is 0 Å². The van der Waals surface area contributed by atoms with E-state index < -0.39 is 5.97 Å². The second kappa shape index (κ2) is 3.95. The van der Waals surface area contributed by atoms with E-state index in [0.717, 1.165) is 6.26 Å². The number of aromatic carboxylic acids is 1. The maximum absolute atomic E-state index is 10.2. The number of rotatable bonds is 1. The van der Waals surface area contributed by atoms with Gasteiger partial charge in [-0.3, -0.25) is 0 Å². The quantitative estimate of drug-likeness (QED) is 0.667. The zero-order chi connectivity index (χ0) is 6.85. The van der Waals surface area contributed by atoms with Gasteiger partial charge in [0.1, 0.15) is 11.8 Å². The Morgan fingerprint density at radius 2 is 2.40 bits per heavy atom. The minimum Gasteiger partial charge on any atom is -0.478 e. The number of carboxylic acid groups (broad SMARTS) is 1. The molecule has 0 atom stereocenters. The van der Waals surface area contributed by atoms with E-state index in [0.29, 0.717) is 5.69 Å². The van der Waals surface area contributed by atoms with Crippen LogP contribution in [0.5, 0.6) is 0 Å². The number of carboxylic acids is 1. The second-order valence-corrected chi connectivity index (χ2v) is 1.62. The molecular weight excluding hydrogens is 162 g/mol. The van der Waals surface area contributed by atoms with Crippen molar-refractivity contribution in [2.24, 2.45) is 0 Å². The Morgan fingerprint density at radius 3 is 2.60 bits per heavy atom. The summed E-state index contributed by atoms with van der Waals surface area (Å²) in [5.41, 5.74) is 0.525. The molecule has 0 aromatic carbocycles. The van der Waals surface area contributed by atoms with E-state index in [2.05, 4.69) is 9.68 Å². The molecule has 0 spiro atoms. The van der Waals surface area contributed by atoms with Crippen molar-refractivity contribution in [3.8, 4) is 0 Å². The van der Waals surface area contributed by atoms with E-state index in [1.807, 2.05) is 0 Å². The second-order valence-electron chi connectivity index (χ2n) is 1.62. The molecule has 1 aromatic heterocycles. The molecule has 0 saturated heterocycles. The number of carbonyl (C=O) groups is 1. The summed E-state index contributed by atoms with van der Waals surface area (Å²) in [6.07, 6.45) is 1.11. The molecule has 0 saturated carbocycles. The third-order valence-electron chi connectivity index (χ3n) is 0.980. The zero-order valence-electron chi connectivity index (χ0n) is 5.14. The number of nitrogens with zero attached hydrogens (tertiary/aromatic N) is 1. The third kappa shape index (κ3) is 1.97. The maximum Gasteiger partial charge on any atom is 0.340 e. The molecule has 0 aliphatic heterocycles. The zero-order valence-corrected chi connectivity index (χ0v) is 5.85.